The highest BCUT2D eigenvalue weighted by Gasteiger charge is 2.38. The first-order chi connectivity index (χ1) is 13.5. The second-order valence-corrected chi connectivity index (χ2v) is 8.49. The Labute approximate surface area is 168 Å². The first-order valence-electron chi connectivity index (χ1n) is 9.37. The van der Waals surface area contributed by atoms with E-state index in [0.29, 0.717) is 5.56 Å². The highest BCUT2D eigenvalue weighted by molar-refractivity contribution is 7.98. The molecule has 0 aliphatic heterocycles. The highest BCUT2D eigenvalue weighted by atomic mass is 32.2. The van der Waals surface area contributed by atoms with Crippen molar-refractivity contribution in [1.29, 1.82) is 0 Å². The van der Waals surface area contributed by atoms with Gasteiger partial charge in [0.05, 0.1) is 23.9 Å². The Balaban J connectivity index is 1.29. The molecule has 1 N–H and O–H groups in total. The van der Waals surface area contributed by atoms with Crippen molar-refractivity contribution < 1.29 is 4.42 Å². The van der Waals surface area contributed by atoms with Gasteiger partial charge < -0.3 is 14.3 Å². The number of rotatable bonds is 8. The van der Waals surface area contributed by atoms with Crippen LogP contribution >= 0.6 is 11.8 Å². The topological polar surface area (TPSA) is 75.0 Å². The van der Waals surface area contributed by atoms with Gasteiger partial charge in [-0.2, -0.15) is 11.8 Å². The first kappa shape index (κ1) is 19.0. The molecular formula is C21H24N4O2S. The van der Waals surface area contributed by atoms with Crippen molar-refractivity contribution in [2.45, 2.75) is 31.6 Å². The largest absolute Gasteiger partial charge is 0.464 e. The average Bonchev–Trinajstić information content (AvgIpc) is 3.16. The third-order valence-electron chi connectivity index (χ3n) is 4.71. The minimum Gasteiger partial charge on any atom is -0.464 e. The molecule has 0 saturated carbocycles. The fourth-order valence-electron chi connectivity index (χ4n) is 3.30. The van der Waals surface area contributed by atoms with Crippen LogP contribution in [0.3, 0.4) is 0 Å². The van der Waals surface area contributed by atoms with Gasteiger partial charge in [0.2, 0.25) is 0 Å². The van der Waals surface area contributed by atoms with Crippen LogP contribution in [0.2, 0.25) is 0 Å². The van der Waals surface area contributed by atoms with Gasteiger partial charge in [0.15, 0.2) is 0 Å². The van der Waals surface area contributed by atoms with E-state index in [-0.39, 0.29) is 11.5 Å². The molecule has 1 aliphatic rings. The quantitative estimate of drug-likeness (QED) is 0.461. The summed E-state index contributed by atoms with van der Waals surface area (Å²) < 4.78 is 5.81. The maximum atomic E-state index is 12.5. The SMILES string of the molecule is Cc1ccc2c(n1)C2c1cnc(CCSCc2ccc(CN(C)C)o2)[nH]c1=O. The number of aromatic nitrogens is 3. The molecule has 1 unspecified atom stereocenters. The van der Waals surface area contributed by atoms with E-state index in [4.69, 9.17) is 4.42 Å². The Bertz CT molecular complexity index is 1040. The van der Waals surface area contributed by atoms with Crippen LogP contribution in [-0.2, 0) is 18.7 Å². The van der Waals surface area contributed by atoms with Crippen molar-refractivity contribution in [3.05, 3.63) is 80.7 Å². The maximum absolute atomic E-state index is 12.5. The van der Waals surface area contributed by atoms with Gasteiger partial charge in [0.25, 0.3) is 5.56 Å². The molecule has 7 heteroatoms. The van der Waals surface area contributed by atoms with Gasteiger partial charge in [-0.15, -0.1) is 0 Å². The molecule has 0 fully saturated rings. The molecule has 0 bridgehead atoms. The molecule has 0 spiro atoms. The van der Waals surface area contributed by atoms with Crippen LogP contribution in [0.1, 0.15) is 45.8 Å². The van der Waals surface area contributed by atoms with Gasteiger partial charge in [0, 0.05) is 29.6 Å². The predicted molar refractivity (Wildman–Crippen MR) is 111 cm³/mol. The molecule has 1 aliphatic carbocycles. The number of hydrogen-bond donors (Lipinski definition) is 1. The number of aromatic amines is 1. The lowest BCUT2D eigenvalue weighted by Gasteiger charge is -2.05. The Kier molecular flexibility index (Phi) is 5.37. The fraction of sp³-hybridized carbons (Fsp3) is 0.381. The van der Waals surface area contributed by atoms with Crippen molar-refractivity contribution in [3.8, 4) is 0 Å². The monoisotopic (exact) mass is 396 g/mol. The maximum Gasteiger partial charge on any atom is 0.255 e. The molecule has 146 valence electrons. The Morgan fingerprint density at radius 3 is 2.75 bits per heavy atom. The van der Waals surface area contributed by atoms with Crippen molar-refractivity contribution in [2.24, 2.45) is 0 Å². The number of pyridine rings is 1. The molecule has 4 rings (SSSR count). The summed E-state index contributed by atoms with van der Waals surface area (Å²) in [4.78, 5) is 26.4. The molecule has 0 aromatic carbocycles. The average molecular weight is 397 g/mol. The second-order valence-electron chi connectivity index (χ2n) is 7.38. The van der Waals surface area contributed by atoms with Gasteiger partial charge >= 0.3 is 0 Å². The molecule has 6 nitrogen and oxygen atoms in total. The molecule has 3 aromatic rings. The van der Waals surface area contributed by atoms with Gasteiger partial charge in [-0.3, -0.25) is 9.78 Å². The highest BCUT2D eigenvalue weighted by Crippen LogP contribution is 2.45. The first-order valence-corrected chi connectivity index (χ1v) is 10.5. The molecule has 0 amide bonds. The summed E-state index contributed by atoms with van der Waals surface area (Å²) in [7, 11) is 4.05. The molecule has 1 atom stereocenters. The van der Waals surface area contributed by atoms with Crippen molar-refractivity contribution in [3.63, 3.8) is 0 Å². The molecule has 0 radical (unpaired) electrons. The van der Waals surface area contributed by atoms with E-state index in [2.05, 4.69) is 19.9 Å². The number of fused-ring (bicyclic) bond motifs is 1. The lowest BCUT2D eigenvalue weighted by atomic mass is 10.2. The normalized spacial score (nSPS) is 15.1. The van der Waals surface area contributed by atoms with Crippen molar-refractivity contribution in [2.75, 3.05) is 19.8 Å². The van der Waals surface area contributed by atoms with Gasteiger partial charge in [-0.25, -0.2) is 4.98 Å². The lowest BCUT2D eigenvalue weighted by molar-refractivity contribution is 0.344. The third kappa shape index (κ3) is 4.20. The van der Waals surface area contributed by atoms with Crippen LogP contribution in [-0.4, -0.2) is 39.7 Å². The van der Waals surface area contributed by atoms with Crippen molar-refractivity contribution in [1.82, 2.24) is 19.9 Å². The van der Waals surface area contributed by atoms with E-state index < -0.39 is 0 Å². The number of thioether (sulfide) groups is 1. The number of hydrogen-bond acceptors (Lipinski definition) is 6. The minimum absolute atomic E-state index is 0.0173. The number of H-pyrrole nitrogens is 1. The number of aryl methyl sites for hydroxylation is 2. The van der Waals surface area contributed by atoms with E-state index in [1.807, 2.05) is 45.3 Å². The second kappa shape index (κ2) is 7.93. The Morgan fingerprint density at radius 1 is 1.18 bits per heavy atom. The zero-order chi connectivity index (χ0) is 19.7. The fourth-order valence-corrected chi connectivity index (χ4v) is 4.14. The Morgan fingerprint density at radius 2 is 2.00 bits per heavy atom. The van der Waals surface area contributed by atoms with Gasteiger partial charge in [-0.05, 0) is 44.8 Å². The summed E-state index contributed by atoms with van der Waals surface area (Å²) in [5, 5.41) is 0. The molecular weight excluding hydrogens is 372 g/mol. The van der Waals surface area contributed by atoms with Crippen LogP contribution in [0.25, 0.3) is 0 Å². The third-order valence-corrected chi connectivity index (χ3v) is 5.69. The predicted octanol–water partition coefficient (Wildman–Crippen LogP) is 3.10. The standard InChI is InChI=1S/C21H24N4O2S/c1-13-4-7-16-19(20(16)23-13)17-10-22-18(24-21(17)26)8-9-28-12-15-6-5-14(27-15)11-25(2)3/h4-7,10,19H,8-9,11-12H2,1-3H3,(H,22,24,26). The lowest BCUT2D eigenvalue weighted by Crippen LogP contribution is -2.16. The number of nitrogens with one attached hydrogen (secondary N) is 1. The van der Waals surface area contributed by atoms with Crippen LogP contribution in [0.5, 0.6) is 0 Å². The minimum atomic E-state index is -0.0602. The number of nitrogens with zero attached hydrogens (tertiary/aromatic N) is 3. The van der Waals surface area contributed by atoms with E-state index in [1.165, 1.54) is 0 Å². The summed E-state index contributed by atoms with van der Waals surface area (Å²) in [6.07, 6.45) is 2.43. The van der Waals surface area contributed by atoms with Crippen LogP contribution < -0.4 is 5.56 Å². The van der Waals surface area contributed by atoms with Crippen LogP contribution in [0.4, 0.5) is 0 Å². The zero-order valence-electron chi connectivity index (χ0n) is 16.4. The van der Waals surface area contributed by atoms with Gasteiger partial charge in [0.1, 0.15) is 17.3 Å². The number of furan rings is 1. The van der Waals surface area contributed by atoms with Crippen LogP contribution in [0, 0.1) is 6.92 Å². The van der Waals surface area contributed by atoms with E-state index >= 15 is 0 Å². The van der Waals surface area contributed by atoms with Crippen molar-refractivity contribution >= 4 is 11.8 Å². The van der Waals surface area contributed by atoms with E-state index in [0.717, 1.165) is 58.8 Å². The summed E-state index contributed by atoms with van der Waals surface area (Å²) in [6, 6.07) is 8.09. The van der Waals surface area contributed by atoms with E-state index in [9.17, 15) is 4.79 Å². The smallest absolute Gasteiger partial charge is 0.255 e. The molecule has 3 heterocycles. The summed E-state index contributed by atoms with van der Waals surface area (Å²) in [6.45, 7) is 2.77. The Hall–Kier alpha value is -2.38. The molecule has 0 saturated heterocycles. The summed E-state index contributed by atoms with van der Waals surface area (Å²) in [5.41, 5.74) is 3.74. The molecule has 3 aromatic heterocycles. The molecule has 28 heavy (non-hydrogen) atoms. The van der Waals surface area contributed by atoms with E-state index in [1.54, 1.807) is 18.0 Å². The van der Waals surface area contributed by atoms with Gasteiger partial charge in [-0.1, -0.05) is 6.07 Å². The van der Waals surface area contributed by atoms with Crippen LogP contribution in [0.15, 0.2) is 39.7 Å². The zero-order valence-corrected chi connectivity index (χ0v) is 17.2. The summed E-state index contributed by atoms with van der Waals surface area (Å²) >= 11 is 1.77. The summed E-state index contributed by atoms with van der Waals surface area (Å²) in [5.74, 6) is 4.39.